The highest BCUT2D eigenvalue weighted by molar-refractivity contribution is 6.06. The molecule has 0 atom stereocenters. The van der Waals surface area contributed by atoms with Crippen molar-refractivity contribution in [3.63, 3.8) is 0 Å². The maximum absolute atomic E-state index is 12.7. The number of aromatic nitrogens is 1. The van der Waals surface area contributed by atoms with E-state index in [0.29, 0.717) is 22.4 Å². The summed E-state index contributed by atoms with van der Waals surface area (Å²) in [4.78, 5) is 16.8. The summed E-state index contributed by atoms with van der Waals surface area (Å²) >= 11 is 0. The van der Waals surface area contributed by atoms with Crippen LogP contribution in [-0.4, -0.2) is 17.1 Å². The van der Waals surface area contributed by atoms with Crippen LogP contribution in [0.2, 0.25) is 0 Å². The number of carbonyl (C=O) groups is 1. The van der Waals surface area contributed by atoms with Crippen molar-refractivity contribution in [3.05, 3.63) is 77.0 Å². The summed E-state index contributed by atoms with van der Waals surface area (Å²) in [6.45, 7) is 2.70. The standard InChI is InChI=1S/C21H17F3N2O/c1-13-9-15(10-14(2)21(22,23)24)7-8-18(13)20(27)26-17-11-16-5-3-4-6-19(16)25-12-17/h3-12H,1-2H3,(H,26,27). The van der Waals surface area contributed by atoms with Crippen molar-refractivity contribution in [2.45, 2.75) is 20.0 Å². The van der Waals surface area contributed by atoms with Crippen molar-refractivity contribution in [2.24, 2.45) is 0 Å². The smallest absolute Gasteiger partial charge is 0.321 e. The molecule has 1 aromatic heterocycles. The highest BCUT2D eigenvalue weighted by atomic mass is 19.4. The largest absolute Gasteiger partial charge is 0.412 e. The van der Waals surface area contributed by atoms with E-state index in [4.69, 9.17) is 0 Å². The molecule has 0 fully saturated rings. The lowest BCUT2D eigenvalue weighted by Crippen LogP contribution is -2.13. The molecule has 0 aliphatic rings. The van der Waals surface area contributed by atoms with Crippen LogP contribution in [0, 0.1) is 6.92 Å². The Kier molecular flexibility index (Phi) is 4.99. The molecular formula is C21H17F3N2O. The van der Waals surface area contributed by atoms with Gasteiger partial charge < -0.3 is 5.32 Å². The summed E-state index contributed by atoms with van der Waals surface area (Å²) in [6.07, 6.45) is -1.74. The Labute approximate surface area is 154 Å². The zero-order valence-electron chi connectivity index (χ0n) is 14.8. The second kappa shape index (κ2) is 7.23. The third kappa shape index (κ3) is 4.34. The van der Waals surface area contributed by atoms with Gasteiger partial charge in [0.05, 0.1) is 17.4 Å². The molecule has 138 valence electrons. The van der Waals surface area contributed by atoms with Crippen LogP contribution in [0.15, 0.2) is 60.3 Å². The molecule has 3 aromatic rings. The van der Waals surface area contributed by atoms with Gasteiger partial charge in [-0.15, -0.1) is 0 Å². The highest BCUT2D eigenvalue weighted by Crippen LogP contribution is 2.27. The zero-order chi connectivity index (χ0) is 19.6. The molecule has 0 radical (unpaired) electrons. The predicted molar refractivity (Wildman–Crippen MR) is 101 cm³/mol. The van der Waals surface area contributed by atoms with Crippen molar-refractivity contribution in [2.75, 3.05) is 5.32 Å². The van der Waals surface area contributed by atoms with Crippen LogP contribution in [0.4, 0.5) is 18.9 Å². The number of anilines is 1. The zero-order valence-corrected chi connectivity index (χ0v) is 14.8. The predicted octanol–water partition coefficient (Wildman–Crippen LogP) is 5.76. The summed E-state index contributed by atoms with van der Waals surface area (Å²) < 4.78 is 38.0. The summed E-state index contributed by atoms with van der Waals surface area (Å²) in [5.41, 5.74) is 2.06. The summed E-state index contributed by atoms with van der Waals surface area (Å²) in [7, 11) is 0. The van der Waals surface area contributed by atoms with Crippen molar-refractivity contribution in [1.82, 2.24) is 4.98 Å². The molecule has 0 unspecified atom stereocenters. The number of fused-ring (bicyclic) bond motifs is 1. The molecule has 27 heavy (non-hydrogen) atoms. The fourth-order valence-corrected chi connectivity index (χ4v) is 2.70. The number of rotatable bonds is 3. The van der Waals surface area contributed by atoms with Gasteiger partial charge in [0, 0.05) is 16.5 Å². The van der Waals surface area contributed by atoms with Gasteiger partial charge in [-0.2, -0.15) is 13.2 Å². The number of halogens is 3. The van der Waals surface area contributed by atoms with Gasteiger partial charge >= 0.3 is 6.18 Å². The second-order valence-corrected chi connectivity index (χ2v) is 6.27. The number of nitrogens with zero attached hydrogens (tertiary/aromatic N) is 1. The van der Waals surface area contributed by atoms with Crippen LogP contribution in [0.25, 0.3) is 17.0 Å². The lowest BCUT2D eigenvalue weighted by molar-refractivity contribution is -0.0903. The number of amides is 1. The lowest BCUT2D eigenvalue weighted by atomic mass is 10.0. The number of benzene rings is 2. The number of allylic oxidation sites excluding steroid dienone is 1. The highest BCUT2D eigenvalue weighted by Gasteiger charge is 2.29. The molecule has 3 rings (SSSR count). The third-order valence-electron chi connectivity index (χ3n) is 4.17. The number of nitrogens with one attached hydrogen (secondary N) is 1. The van der Waals surface area contributed by atoms with Gasteiger partial charge in [0.1, 0.15) is 0 Å². The Balaban J connectivity index is 1.82. The SMILES string of the molecule is CC(=Cc1ccc(C(=O)Nc2cnc3ccccc3c2)c(C)c1)C(F)(F)F. The number of para-hydroxylation sites is 1. The molecular weight excluding hydrogens is 353 g/mol. The van der Waals surface area contributed by atoms with Crippen LogP contribution in [-0.2, 0) is 0 Å². The number of hydrogen-bond donors (Lipinski definition) is 1. The van der Waals surface area contributed by atoms with Crippen molar-refractivity contribution < 1.29 is 18.0 Å². The molecule has 1 N–H and O–H groups in total. The first kappa shape index (κ1) is 18.6. The van der Waals surface area contributed by atoms with E-state index in [1.807, 2.05) is 30.3 Å². The second-order valence-electron chi connectivity index (χ2n) is 6.27. The van der Waals surface area contributed by atoms with Gasteiger partial charge in [0.25, 0.3) is 5.91 Å². The minimum absolute atomic E-state index is 0.340. The quantitative estimate of drug-likeness (QED) is 0.637. The van der Waals surface area contributed by atoms with Crippen molar-refractivity contribution in [1.29, 1.82) is 0 Å². The molecule has 0 aliphatic carbocycles. The maximum atomic E-state index is 12.7. The average molecular weight is 370 g/mol. The normalized spacial score (nSPS) is 12.3. The van der Waals surface area contributed by atoms with Gasteiger partial charge in [0.15, 0.2) is 0 Å². The van der Waals surface area contributed by atoms with Gasteiger partial charge in [-0.1, -0.05) is 30.3 Å². The summed E-state index contributed by atoms with van der Waals surface area (Å²) in [5.74, 6) is -0.340. The van der Waals surface area contributed by atoms with Crippen LogP contribution < -0.4 is 5.32 Å². The number of carbonyl (C=O) groups excluding carboxylic acids is 1. The number of pyridine rings is 1. The fraction of sp³-hybridized carbons (Fsp3) is 0.143. The lowest BCUT2D eigenvalue weighted by Gasteiger charge is -2.10. The molecule has 0 bridgehead atoms. The fourth-order valence-electron chi connectivity index (χ4n) is 2.70. The Morgan fingerprint density at radius 3 is 2.56 bits per heavy atom. The molecule has 0 aliphatic heterocycles. The Hall–Kier alpha value is -3.15. The summed E-state index contributed by atoms with van der Waals surface area (Å²) in [6, 6.07) is 13.9. The van der Waals surface area contributed by atoms with Crippen LogP contribution >= 0.6 is 0 Å². The third-order valence-corrected chi connectivity index (χ3v) is 4.17. The first-order valence-corrected chi connectivity index (χ1v) is 8.26. The van der Waals surface area contributed by atoms with E-state index in [9.17, 15) is 18.0 Å². The molecule has 3 nitrogen and oxygen atoms in total. The van der Waals surface area contributed by atoms with E-state index in [1.54, 1.807) is 19.2 Å². The number of alkyl halides is 3. The molecule has 1 heterocycles. The first-order valence-electron chi connectivity index (χ1n) is 8.26. The van der Waals surface area contributed by atoms with Gasteiger partial charge in [0.2, 0.25) is 0 Å². The Morgan fingerprint density at radius 2 is 1.85 bits per heavy atom. The molecule has 6 heteroatoms. The number of hydrogen-bond acceptors (Lipinski definition) is 2. The summed E-state index contributed by atoms with van der Waals surface area (Å²) in [5, 5.41) is 3.68. The van der Waals surface area contributed by atoms with Crippen molar-refractivity contribution >= 4 is 28.6 Å². The molecule has 0 saturated heterocycles. The van der Waals surface area contributed by atoms with Crippen LogP contribution in [0.5, 0.6) is 0 Å². The van der Waals surface area contributed by atoms with Crippen molar-refractivity contribution in [3.8, 4) is 0 Å². The van der Waals surface area contributed by atoms with E-state index in [1.165, 1.54) is 12.1 Å². The first-order chi connectivity index (χ1) is 12.7. The minimum atomic E-state index is -4.37. The molecule has 1 amide bonds. The van der Waals surface area contributed by atoms with Gasteiger partial charge in [-0.05, 0) is 49.2 Å². The van der Waals surface area contributed by atoms with Gasteiger partial charge in [-0.25, -0.2) is 0 Å². The van der Waals surface area contributed by atoms with Crippen LogP contribution in [0.3, 0.4) is 0 Å². The number of aryl methyl sites for hydroxylation is 1. The van der Waals surface area contributed by atoms with E-state index in [2.05, 4.69) is 10.3 Å². The van der Waals surface area contributed by atoms with E-state index in [0.717, 1.165) is 23.9 Å². The molecule has 2 aromatic carbocycles. The monoisotopic (exact) mass is 370 g/mol. The Morgan fingerprint density at radius 1 is 1.11 bits per heavy atom. The molecule has 0 spiro atoms. The molecule has 0 saturated carbocycles. The van der Waals surface area contributed by atoms with E-state index in [-0.39, 0.29) is 5.91 Å². The van der Waals surface area contributed by atoms with E-state index < -0.39 is 11.7 Å². The maximum Gasteiger partial charge on any atom is 0.412 e. The van der Waals surface area contributed by atoms with Crippen LogP contribution in [0.1, 0.15) is 28.4 Å². The van der Waals surface area contributed by atoms with Gasteiger partial charge in [-0.3, -0.25) is 9.78 Å². The van der Waals surface area contributed by atoms with E-state index >= 15 is 0 Å². The topological polar surface area (TPSA) is 42.0 Å². The minimum Gasteiger partial charge on any atom is -0.321 e. The average Bonchev–Trinajstić information content (AvgIpc) is 2.60. The Bertz CT molecular complexity index is 1040.